The second kappa shape index (κ2) is 10.0. The van der Waals surface area contributed by atoms with Crippen LogP contribution in [0.1, 0.15) is 51.5 Å². The number of hydrogen-bond donors (Lipinski definition) is 0. The van der Waals surface area contributed by atoms with Crippen LogP contribution in [0.4, 0.5) is 0 Å². The number of unbranched alkanes of at least 4 members (excludes halogenated alkanes) is 3. The van der Waals surface area contributed by atoms with E-state index >= 15 is 0 Å². The topological polar surface area (TPSA) is 6.48 Å². The Hall–Kier alpha value is -0.860. The number of piperazine rings is 1. The van der Waals surface area contributed by atoms with E-state index in [1.54, 1.807) is 5.92 Å². The summed E-state index contributed by atoms with van der Waals surface area (Å²) in [7, 11) is 0. The maximum atomic E-state index is 2.65. The van der Waals surface area contributed by atoms with Crippen molar-refractivity contribution in [3.8, 4) is 0 Å². The van der Waals surface area contributed by atoms with Crippen molar-refractivity contribution in [2.45, 2.75) is 52.5 Å². The summed E-state index contributed by atoms with van der Waals surface area (Å²) >= 11 is 0. The van der Waals surface area contributed by atoms with Crippen LogP contribution >= 0.6 is 0 Å². The van der Waals surface area contributed by atoms with Crippen molar-refractivity contribution in [1.29, 1.82) is 0 Å². The van der Waals surface area contributed by atoms with Crippen LogP contribution in [0.25, 0.3) is 0 Å². The summed E-state index contributed by atoms with van der Waals surface area (Å²) in [6.45, 7) is 11.8. The molecule has 0 spiro atoms. The fourth-order valence-corrected chi connectivity index (χ4v) is 3.18. The van der Waals surface area contributed by atoms with E-state index in [-0.39, 0.29) is 0 Å². The van der Waals surface area contributed by atoms with Crippen molar-refractivity contribution in [2.75, 3.05) is 32.7 Å². The first kappa shape index (κ1) is 17.5. The molecular weight excluding hydrogens is 268 g/mol. The lowest BCUT2D eigenvalue weighted by molar-refractivity contribution is 0.125. The summed E-state index contributed by atoms with van der Waals surface area (Å²) in [4.78, 5) is 5.24. The Morgan fingerprint density at radius 2 is 1.45 bits per heavy atom. The van der Waals surface area contributed by atoms with Crippen LogP contribution in [0.2, 0.25) is 0 Å². The van der Waals surface area contributed by atoms with Crippen LogP contribution < -0.4 is 0 Å². The molecule has 1 fully saturated rings. The van der Waals surface area contributed by atoms with Gasteiger partial charge in [-0.25, -0.2) is 0 Å². The molecule has 1 saturated heterocycles. The van der Waals surface area contributed by atoms with Crippen LogP contribution in [-0.2, 0) is 6.54 Å². The molecule has 22 heavy (non-hydrogen) atoms. The molecule has 123 valence electrons. The van der Waals surface area contributed by atoms with Gasteiger partial charge < -0.3 is 4.90 Å². The minimum absolute atomic E-state index is 1.11. The molecule has 2 heteroatoms. The molecule has 0 atom stereocenters. The highest BCUT2D eigenvalue weighted by molar-refractivity contribution is 5.14. The van der Waals surface area contributed by atoms with Crippen LogP contribution in [0, 0.1) is 5.92 Å². The fourth-order valence-electron chi connectivity index (χ4n) is 3.18. The molecule has 1 heterocycles. The molecule has 2 nitrogen and oxygen atoms in total. The molecule has 0 unspecified atom stereocenters. The molecule has 0 aromatic heterocycles. The van der Waals surface area contributed by atoms with Gasteiger partial charge in [0.25, 0.3) is 0 Å². The van der Waals surface area contributed by atoms with Crippen molar-refractivity contribution in [3.63, 3.8) is 0 Å². The molecule has 0 saturated carbocycles. The normalized spacial score (nSPS) is 17.2. The van der Waals surface area contributed by atoms with Crippen LogP contribution in [0.15, 0.2) is 30.3 Å². The Labute approximate surface area is 137 Å². The molecule has 1 aliphatic rings. The average molecular weight is 301 g/mol. The lowest BCUT2D eigenvalue weighted by Crippen LogP contribution is -2.46. The van der Waals surface area contributed by atoms with Gasteiger partial charge in [0.05, 0.1) is 0 Å². The van der Waals surface area contributed by atoms with E-state index in [1.807, 2.05) is 0 Å². The molecule has 1 aliphatic heterocycles. The SMILES string of the molecule is C[C](C)CCCCCCN1CCN(Cc2ccccc2)CC1. The molecule has 2 rings (SSSR count). The van der Waals surface area contributed by atoms with Gasteiger partial charge in [-0.3, -0.25) is 4.90 Å². The summed E-state index contributed by atoms with van der Waals surface area (Å²) in [5.41, 5.74) is 1.44. The van der Waals surface area contributed by atoms with Gasteiger partial charge in [0.1, 0.15) is 0 Å². The third-order valence-corrected chi connectivity index (χ3v) is 4.62. The van der Waals surface area contributed by atoms with Gasteiger partial charge in [-0.1, -0.05) is 63.4 Å². The summed E-state index contributed by atoms with van der Waals surface area (Å²) in [6.07, 6.45) is 6.88. The first-order chi connectivity index (χ1) is 10.7. The second-order valence-corrected chi connectivity index (χ2v) is 6.97. The first-order valence-corrected chi connectivity index (χ1v) is 9.02. The lowest BCUT2D eigenvalue weighted by Gasteiger charge is -2.34. The van der Waals surface area contributed by atoms with E-state index in [4.69, 9.17) is 0 Å². The third-order valence-electron chi connectivity index (χ3n) is 4.62. The zero-order valence-corrected chi connectivity index (χ0v) is 14.6. The van der Waals surface area contributed by atoms with Gasteiger partial charge in [-0.2, -0.15) is 0 Å². The fraction of sp³-hybridized carbons (Fsp3) is 0.650. The number of hydrogen-bond acceptors (Lipinski definition) is 2. The summed E-state index contributed by atoms with van der Waals surface area (Å²) in [5.74, 6) is 1.58. The highest BCUT2D eigenvalue weighted by atomic mass is 15.3. The van der Waals surface area contributed by atoms with E-state index in [0.717, 1.165) is 6.54 Å². The Bertz CT molecular complexity index is 380. The number of rotatable bonds is 9. The zero-order valence-electron chi connectivity index (χ0n) is 14.6. The van der Waals surface area contributed by atoms with E-state index in [9.17, 15) is 0 Å². The zero-order chi connectivity index (χ0) is 15.6. The minimum Gasteiger partial charge on any atom is -0.301 e. The standard InChI is InChI=1S/C20H33N2/c1-19(2)10-6-3-4-9-13-21-14-16-22(17-15-21)18-20-11-7-5-8-12-20/h5,7-8,11-12H,3-4,6,9-10,13-18H2,1-2H3. The van der Waals surface area contributed by atoms with Crippen molar-refractivity contribution < 1.29 is 0 Å². The molecular formula is C20H33N2. The van der Waals surface area contributed by atoms with E-state index in [1.165, 1.54) is 70.4 Å². The van der Waals surface area contributed by atoms with Gasteiger partial charge in [0.15, 0.2) is 0 Å². The summed E-state index contributed by atoms with van der Waals surface area (Å²) in [6, 6.07) is 10.9. The Morgan fingerprint density at radius 1 is 0.818 bits per heavy atom. The van der Waals surface area contributed by atoms with Crippen molar-refractivity contribution in [3.05, 3.63) is 41.8 Å². The van der Waals surface area contributed by atoms with Crippen molar-refractivity contribution in [1.82, 2.24) is 9.80 Å². The van der Waals surface area contributed by atoms with Gasteiger partial charge in [0, 0.05) is 32.7 Å². The predicted octanol–water partition coefficient (Wildman–Crippen LogP) is 4.37. The molecule has 0 bridgehead atoms. The van der Waals surface area contributed by atoms with Gasteiger partial charge >= 0.3 is 0 Å². The second-order valence-electron chi connectivity index (χ2n) is 6.97. The maximum Gasteiger partial charge on any atom is 0.0234 e. The largest absolute Gasteiger partial charge is 0.301 e. The smallest absolute Gasteiger partial charge is 0.0234 e. The molecule has 0 aliphatic carbocycles. The maximum absolute atomic E-state index is 2.65. The first-order valence-electron chi connectivity index (χ1n) is 9.02. The Morgan fingerprint density at radius 3 is 2.14 bits per heavy atom. The predicted molar refractivity (Wildman–Crippen MR) is 95.8 cm³/mol. The Kier molecular flexibility index (Phi) is 7.96. The van der Waals surface area contributed by atoms with Gasteiger partial charge in [-0.15, -0.1) is 0 Å². The highest BCUT2D eigenvalue weighted by Gasteiger charge is 2.16. The molecule has 0 amide bonds. The van der Waals surface area contributed by atoms with Gasteiger partial charge in [-0.05, 0) is 30.9 Å². The molecule has 1 aromatic carbocycles. The molecule has 1 radical (unpaired) electrons. The van der Waals surface area contributed by atoms with Crippen LogP contribution in [-0.4, -0.2) is 42.5 Å². The lowest BCUT2D eigenvalue weighted by atomic mass is 10.0. The highest BCUT2D eigenvalue weighted by Crippen LogP contribution is 2.12. The monoisotopic (exact) mass is 301 g/mol. The van der Waals surface area contributed by atoms with Crippen molar-refractivity contribution in [2.24, 2.45) is 0 Å². The summed E-state index contributed by atoms with van der Waals surface area (Å²) in [5, 5.41) is 0. The summed E-state index contributed by atoms with van der Waals surface area (Å²) < 4.78 is 0. The van der Waals surface area contributed by atoms with E-state index in [2.05, 4.69) is 54.0 Å². The van der Waals surface area contributed by atoms with E-state index < -0.39 is 0 Å². The quantitative estimate of drug-likeness (QED) is 0.625. The van der Waals surface area contributed by atoms with Crippen molar-refractivity contribution >= 4 is 0 Å². The molecule has 1 aromatic rings. The molecule has 0 N–H and O–H groups in total. The minimum atomic E-state index is 1.11. The number of nitrogens with zero attached hydrogens (tertiary/aromatic N) is 2. The van der Waals surface area contributed by atoms with E-state index in [0.29, 0.717) is 0 Å². The number of benzene rings is 1. The third kappa shape index (κ3) is 6.93. The van der Waals surface area contributed by atoms with Gasteiger partial charge in [0.2, 0.25) is 0 Å². The Balaban J connectivity index is 1.52. The van der Waals surface area contributed by atoms with Crippen LogP contribution in [0.5, 0.6) is 0 Å². The average Bonchev–Trinajstić information content (AvgIpc) is 2.53. The van der Waals surface area contributed by atoms with Crippen LogP contribution in [0.3, 0.4) is 0 Å².